The van der Waals surface area contributed by atoms with Crippen LogP contribution in [0.1, 0.15) is 181 Å². The highest BCUT2D eigenvalue weighted by Crippen LogP contribution is 2.28. The van der Waals surface area contributed by atoms with Gasteiger partial charge in [0.2, 0.25) is 0 Å². The molecule has 3 N–H and O–H groups in total. The summed E-state index contributed by atoms with van der Waals surface area (Å²) in [5.74, 6) is -0.127. The molecule has 2 aliphatic heterocycles. The van der Waals surface area contributed by atoms with E-state index in [-0.39, 0.29) is 30.4 Å². The van der Waals surface area contributed by atoms with Gasteiger partial charge < -0.3 is 24.8 Å². The maximum Gasteiger partial charge on any atom is 0.334 e. The molecule has 1 fully saturated rings. The number of aliphatic hydroxyl groups excluding tert-OH is 3. The molecule has 43 heavy (non-hydrogen) atoms. The number of hydrogen-bond acceptors (Lipinski definition) is 6. The third-order valence-electron chi connectivity index (χ3n) is 9.56. The molecule has 0 aliphatic carbocycles. The van der Waals surface area contributed by atoms with Crippen LogP contribution in [0, 0.1) is 0 Å². The molecule has 2 heterocycles. The number of cyclic esters (lactones) is 1. The predicted octanol–water partition coefficient (Wildman–Crippen LogP) is 8.87. The monoisotopic (exact) mass is 609 g/mol. The van der Waals surface area contributed by atoms with Crippen molar-refractivity contribution < 1.29 is 29.6 Å². The Labute approximate surface area is 264 Å². The highest BCUT2D eigenvalue weighted by Gasteiger charge is 2.34. The highest BCUT2D eigenvalue weighted by atomic mass is 16.5. The lowest BCUT2D eigenvalue weighted by Crippen LogP contribution is -2.31. The Kier molecular flexibility index (Phi) is 21.6. The molecular formula is C37H68O6. The minimum absolute atomic E-state index is 0.0541. The molecule has 2 aliphatic rings. The fraction of sp³-hybridized carbons (Fsp3) is 0.919. The smallest absolute Gasteiger partial charge is 0.334 e. The van der Waals surface area contributed by atoms with E-state index in [9.17, 15) is 20.1 Å². The minimum Gasteiger partial charge on any atom is -0.455 e. The van der Waals surface area contributed by atoms with Gasteiger partial charge in [0.15, 0.2) is 0 Å². The molecule has 0 saturated carbocycles. The van der Waals surface area contributed by atoms with Crippen molar-refractivity contribution >= 4 is 5.97 Å². The summed E-state index contributed by atoms with van der Waals surface area (Å²) in [6.07, 6.45) is 29.1. The average molecular weight is 609 g/mol. The molecule has 0 radical (unpaired) electrons. The number of rotatable bonds is 28. The van der Waals surface area contributed by atoms with Crippen LogP contribution in [0.25, 0.3) is 0 Å². The van der Waals surface area contributed by atoms with Crippen LogP contribution in [0.2, 0.25) is 0 Å². The van der Waals surface area contributed by atoms with Gasteiger partial charge in [-0.25, -0.2) is 4.79 Å². The van der Waals surface area contributed by atoms with Crippen molar-refractivity contribution in [1.29, 1.82) is 0 Å². The first kappa shape index (κ1) is 38.2. The quantitative estimate of drug-likeness (QED) is 0.0606. The van der Waals surface area contributed by atoms with Crippen LogP contribution in [-0.2, 0) is 14.3 Å². The predicted molar refractivity (Wildman–Crippen MR) is 176 cm³/mol. The van der Waals surface area contributed by atoms with Crippen LogP contribution in [0.5, 0.6) is 0 Å². The van der Waals surface area contributed by atoms with Crippen LogP contribution >= 0.6 is 0 Å². The third kappa shape index (κ3) is 18.0. The van der Waals surface area contributed by atoms with Gasteiger partial charge in [0, 0.05) is 5.57 Å². The first-order valence-corrected chi connectivity index (χ1v) is 18.5. The Morgan fingerprint density at radius 2 is 1.07 bits per heavy atom. The highest BCUT2D eigenvalue weighted by molar-refractivity contribution is 5.90. The molecule has 0 aromatic carbocycles. The first-order chi connectivity index (χ1) is 20.9. The molecule has 2 rings (SSSR count). The van der Waals surface area contributed by atoms with Crippen LogP contribution < -0.4 is 0 Å². The number of ether oxygens (including phenoxy) is 2. The van der Waals surface area contributed by atoms with Gasteiger partial charge in [-0.15, -0.1) is 0 Å². The molecule has 6 nitrogen and oxygen atoms in total. The molecule has 0 bridgehead atoms. The van der Waals surface area contributed by atoms with E-state index in [0.717, 1.165) is 89.0 Å². The summed E-state index contributed by atoms with van der Waals surface area (Å²) in [6, 6.07) is 0. The number of carbonyl (C=O) groups excluding carboxylic acids is 1. The van der Waals surface area contributed by atoms with Gasteiger partial charge in [-0.05, 0) is 64.4 Å². The summed E-state index contributed by atoms with van der Waals surface area (Å²) in [5.41, 5.74) is 0.858. The lowest BCUT2D eigenvalue weighted by Gasteiger charge is -2.22. The SMILES string of the molecule is CCCCCCCCCC[C@@H](O)[C@H]1CC[C@H]([C@H](O)CCCCCC(O)CCCCCCCCCCC2=C[C@H](C)OC2=O)O1. The topological polar surface area (TPSA) is 96.2 Å². The van der Waals surface area contributed by atoms with Crippen molar-refractivity contribution in [3.8, 4) is 0 Å². The van der Waals surface area contributed by atoms with E-state index in [2.05, 4.69) is 6.92 Å². The van der Waals surface area contributed by atoms with Gasteiger partial charge in [-0.1, -0.05) is 122 Å². The van der Waals surface area contributed by atoms with Gasteiger partial charge in [0.25, 0.3) is 0 Å². The van der Waals surface area contributed by atoms with Crippen molar-refractivity contribution in [3.05, 3.63) is 11.6 Å². The molecule has 0 amide bonds. The molecule has 1 saturated heterocycles. The zero-order valence-electron chi connectivity index (χ0n) is 28.0. The molecule has 6 atom stereocenters. The van der Waals surface area contributed by atoms with E-state index < -0.39 is 12.2 Å². The normalized spacial score (nSPS) is 22.5. The summed E-state index contributed by atoms with van der Waals surface area (Å²) in [6.45, 7) is 4.16. The lowest BCUT2D eigenvalue weighted by molar-refractivity contribution is -0.139. The Balaban J connectivity index is 1.35. The van der Waals surface area contributed by atoms with E-state index in [1.54, 1.807) is 0 Å². The van der Waals surface area contributed by atoms with Crippen LogP contribution in [-0.4, -0.2) is 57.9 Å². The summed E-state index contributed by atoms with van der Waals surface area (Å²) in [4.78, 5) is 11.6. The second-order valence-electron chi connectivity index (χ2n) is 13.6. The van der Waals surface area contributed by atoms with Crippen LogP contribution in [0.4, 0.5) is 0 Å². The number of hydrogen-bond donors (Lipinski definition) is 3. The number of esters is 1. The van der Waals surface area contributed by atoms with E-state index in [1.807, 2.05) is 13.0 Å². The van der Waals surface area contributed by atoms with Gasteiger partial charge >= 0.3 is 5.97 Å². The molecule has 0 aromatic rings. The minimum atomic E-state index is -0.447. The van der Waals surface area contributed by atoms with Gasteiger partial charge in [-0.2, -0.15) is 0 Å². The van der Waals surface area contributed by atoms with Crippen molar-refractivity contribution in [1.82, 2.24) is 0 Å². The van der Waals surface area contributed by atoms with Crippen molar-refractivity contribution in [2.45, 2.75) is 217 Å². The Morgan fingerprint density at radius 3 is 1.53 bits per heavy atom. The summed E-state index contributed by atoms with van der Waals surface area (Å²) < 4.78 is 11.2. The second kappa shape index (κ2) is 24.3. The molecule has 0 spiro atoms. The Hall–Kier alpha value is -0.950. The van der Waals surface area contributed by atoms with Crippen LogP contribution in [0.15, 0.2) is 11.6 Å². The van der Waals surface area contributed by atoms with E-state index in [0.29, 0.717) is 0 Å². The molecule has 1 unspecified atom stereocenters. The van der Waals surface area contributed by atoms with Crippen LogP contribution in [0.3, 0.4) is 0 Å². The molecular weight excluding hydrogens is 540 g/mol. The molecule has 252 valence electrons. The van der Waals surface area contributed by atoms with E-state index >= 15 is 0 Å². The maximum atomic E-state index is 11.6. The standard InChI is InChI=1S/C37H68O6/c1-3-4-5-6-7-12-15-20-25-33(39)35-27-28-36(43-35)34(40)26-21-16-19-24-32(38)23-18-14-11-9-8-10-13-17-22-31-29-30(2)42-37(31)41/h29-30,32-36,38-40H,3-28H2,1-2H3/t30-,32?,33+,34+,35+,36+/m0/s1. The van der Waals surface area contributed by atoms with Crippen molar-refractivity contribution in [3.63, 3.8) is 0 Å². The van der Waals surface area contributed by atoms with E-state index in [1.165, 1.54) is 83.5 Å². The summed E-state index contributed by atoms with van der Waals surface area (Å²) >= 11 is 0. The maximum absolute atomic E-state index is 11.6. The first-order valence-electron chi connectivity index (χ1n) is 18.5. The second-order valence-corrected chi connectivity index (χ2v) is 13.6. The third-order valence-corrected chi connectivity index (χ3v) is 9.56. The Bertz CT molecular complexity index is 724. The zero-order chi connectivity index (χ0) is 31.1. The van der Waals surface area contributed by atoms with E-state index in [4.69, 9.17) is 9.47 Å². The van der Waals surface area contributed by atoms with Gasteiger partial charge in [0.1, 0.15) is 6.10 Å². The van der Waals surface area contributed by atoms with Gasteiger partial charge in [0.05, 0.1) is 30.5 Å². The Morgan fingerprint density at radius 1 is 0.651 bits per heavy atom. The summed E-state index contributed by atoms with van der Waals surface area (Å²) in [5, 5.41) is 31.5. The van der Waals surface area contributed by atoms with Gasteiger partial charge in [-0.3, -0.25) is 0 Å². The number of carbonyl (C=O) groups is 1. The largest absolute Gasteiger partial charge is 0.455 e. The molecule has 6 heteroatoms. The fourth-order valence-electron chi connectivity index (χ4n) is 6.74. The van der Waals surface area contributed by atoms with Crippen molar-refractivity contribution in [2.24, 2.45) is 0 Å². The number of unbranched alkanes of at least 4 members (excludes halogenated alkanes) is 16. The summed E-state index contributed by atoms with van der Waals surface area (Å²) in [7, 11) is 0. The lowest BCUT2D eigenvalue weighted by atomic mass is 9.99. The molecule has 0 aromatic heterocycles. The average Bonchev–Trinajstić information content (AvgIpc) is 3.61. The van der Waals surface area contributed by atoms with Crippen molar-refractivity contribution in [2.75, 3.05) is 0 Å². The number of aliphatic hydroxyl groups is 3. The fourth-order valence-corrected chi connectivity index (χ4v) is 6.74. The zero-order valence-corrected chi connectivity index (χ0v) is 28.0.